The van der Waals surface area contributed by atoms with Crippen molar-refractivity contribution >= 4 is 22.5 Å². The zero-order chi connectivity index (χ0) is 13.5. The second kappa shape index (κ2) is 4.03. The lowest BCUT2D eigenvalue weighted by atomic mass is 10.2. The van der Waals surface area contributed by atoms with Crippen LogP contribution < -0.4 is 5.73 Å². The van der Waals surface area contributed by atoms with Gasteiger partial charge < -0.3 is 5.73 Å². The van der Waals surface area contributed by atoms with Crippen LogP contribution in [0.2, 0.25) is 0 Å². The first-order chi connectivity index (χ1) is 9.83. The molecule has 0 unspecified atom stereocenters. The van der Waals surface area contributed by atoms with E-state index in [1.54, 1.807) is 4.52 Å². The molecule has 0 amide bonds. The second-order valence-corrected chi connectivity index (χ2v) is 4.52. The molecule has 0 aliphatic carbocycles. The van der Waals surface area contributed by atoms with E-state index in [0.717, 1.165) is 16.6 Å². The number of anilines is 1. The minimum Gasteiger partial charge on any atom is -0.381 e. The van der Waals surface area contributed by atoms with E-state index >= 15 is 0 Å². The summed E-state index contributed by atoms with van der Waals surface area (Å²) in [4.78, 5) is 8.86. The summed E-state index contributed by atoms with van der Waals surface area (Å²) in [5, 5.41) is 4.56. The van der Waals surface area contributed by atoms with Crippen LogP contribution in [0.3, 0.4) is 0 Å². The van der Waals surface area contributed by atoms with E-state index in [2.05, 4.69) is 15.1 Å². The van der Waals surface area contributed by atoms with E-state index < -0.39 is 0 Å². The van der Waals surface area contributed by atoms with E-state index in [-0.39, 0.29) is 0 Å². The summed E-state index contributed by atoms with van der Waals surface area (Å²) in [5.74, 6) is 1.04. The molecular formula is C15H11N5. The highest BCUT2D eigenvalue weighted by molar-refractivity contribution is 5.82. The normalized spacial score (nSPS) is 11.2. The molecule has 0 aliphatic heterocycles. The molecule has 2 aromatic carbocycles. The lowest BCUT2D eigenvalue weighted by molar-refractivity contribution is 1.00. The van der Waals surface area contributed by atoms with Crippen molar-refractivity contribution in [2.75, 3.05) is 5.73 Å². The molecule has 0 aliphatic rings. The molecule has 2 aromatic heterocycles. The number of nitrogens with two attached hydrogens (primary N) is 1. The molecule has 0 spiro atoms. The maximum Gasteiger partial charge on any atom is 0.199 e. The van der Waals surface area contributed by atoms with Gasteiger partial charge in [-0.3, -0.25) is 0 Å². The smallest absolute Gasteiger partial charge is 0.199 e. The van der Waals surface area contributed by atoms with Crippen molar-refractivity contribution in [3.63, 3.8) is 0 Å². The Morgan fingerprint density at radius 2 is 1.60 bits per heavy atom. The molecule has 0 radical (unpaired) electrons. The molecule has 5 nitrogen and oxygen atoms in total. The highest BCUT2D eigenvalue weighted by Gasteiger charge is 2.12. The van der Waals surface area contributed by atoms with E-state index in [1.165, 1.54) is 0 Å². The molecule has 96 valence electrons. The van der Waals surface area contributed by atoms with Crippen molar-refractivity contribution in [3.05, 3.63) is 54.6 Å². The molecule has 4 aromatic rings. The molecule has 0 bridgehead atoms. The number of nitrogen functional groups attached to an aromatic ring is 1. The number of fused-ring (bicyclic) bond motifs is 3. The predicted molar refractivity (Wildman–Crippen MR) is 78.1 cm³/mol. The quantitative estimate of drug-likeness (QED) is 0.571. The predicted octanol–water partition coefficient (Wildman–Crippen LogP) is 2.53. The fourth-order valence-electron chi connectivity index (χ4n) is 2.27. The van der Waals surface area contributed by atoms with E-state index in [4.69, 9.17) is 5.73 Å². The lowest BCUT2D eigenvalue weighted by Gasteiger charge is -2.01. The van der Waals surface area contributed by atoms with Crippen molar-refractivity contribution in [3.8, 4) is 11.4 Å². The van der Waals surface area contributed by atoms with Gasteiger partial charge in [-0.15, -0.1) is 5.10 Å². The second-order valence-electron chi connectivity index (χ2n) is 4.52. The Morgan fingerprint density at radius 3 is 2.45 bits per heavy atom. The number of hydrogen-bond donors (Lipinski definition) is 1. The first kappa shape index (κ1) is 10.9. The van der Waals surface area contributed by atoms with E-state index in [1.807, 2.05) is 54.6 Å². The molecule has 20 heavy (non-hydrogen) atoms. The van der Waals surface area contributed by atoms with Crippen LogP contribution in [0, 0.1) is 0 Å². The monoisotopic (exact) mass is 261 g/mol. The van der Waals surface area contributed by atoms with Gasteiger partial charge in [0.2, 0.25) is 0 Å². The summed E-state index contributed by atoms with van der Waals surface area (Å²) in [6, 6.07) is 17.6. The maximum atomic E-state index is 5.98. The van der Waals surface area contributed by atoms with Crippen molar-refractivity contribution < 1.29 is 0 Å². The Morgan fingerprint density at radius 1 is 0.850 bits per heavy atom. The number of benzene rings is 2. The van der Waals surface area contributed by atoms with Gasteiger partial charge in [-0.1, -0.05) is 42.5 Å². The van der Waals surface area contributed by atoms with E-state index in [9.17, 15) is 0 Å². The summed E-state index contributed by atoms with van der Waals surface area (Å²) in [6.45, 7) is 0. The van der Waals surface area contributed by atoms with Crippen molar-refractivity contribution in [1.82, 2.24) is 19.6 Å². The average molecular weight is 261 g/mol. The Labute approximate surface area is 114 Å². The molecule has 0 saturated heterocycles. The number of hydrogen-bond acceptors (Lipinski definition) is 4. The van der Waals surface area contributed by atoms with Gasteiger partial charge in [0, 0.05) is 5.56 Å². The third-order valence-corrected chi connectivity index (χ3v) is 3.22. The molecular weight excluding hydrogens is 250 g/mol. The first-order valence-corrected chi connectivity index (χ1v) is 6.29. The Bertz CT molecular complexity index is 912. The number of aromatic nitrogens is 4. The molecule has 0 atom stereocenters. The Balaban J connectivity index is 2.08. The van der Waals surface area contributed by atoms with Crippen LogP contribution in [0.5, 0.6) is 0 Å². The van der Waals surface area contributed by atoms with Gasteiger partial charge in [-0.25, -0.2) is 14.5 Å². The van der Waals surface area contributed by atoms with E-state index in [0.29, 0.717) is 17.3 Å². The number of rotatable bonds is 1. The zero-order valence-electron chi connectivity index (χ0n) is 10.6. The first-order valence-electron chi connectivity index (χ1n) is 6.29. The van der Waals surface area contributed by atoms with Gasteiger partial charge in [0.1, 0.15) is 0 Å². The zero-order valence-corrected chi connectivity index (χ0v) is 10.6. The topological polar surface area (TPSA) is 69.1 Å². The van der Waals surface area contributed by atoms with Crippen LogP contribution in [-0.2, 0) is 0 Å². The molecule has 4 rings (SSSR count). The van der Waals surface area contributed by atoms with Gasteiger partial charge in [0.15, 0.2) is 17.3 Å². The standard InChI is InChI=1S/C15H11N5/c16-13-15-18-14(10-6-2-1-3-7-10)19-20(15)12-9-5-4-8-11(12)17-13/h1-9H,(H2,16,17). The Hall–Kier alpha value is -2.95. The fraction of sp³-hybridized carbons (Fsp3) is 0. The SMILES string of the molecule is Nc1nc2ccccc2n2nc(-c3ccccc3)nc12. The van der Waals surface area contributed by atoms with Gasteiger partial charge in [0.25, 0.3) is 0 Å². The molecule has 0 fully saturated rings. The van der Waals surface area contributed by atoms with Crippen molar-refractivity contribution in [2.45, 2.75) is 0 Å². The van der Waals surface area contributed by atoms with Crippen LogP contribution in [-0.4, -0.2) is 19.6 Å². The van der Waals surface area contributed by atoms with Gasteiger partial charge >= 0.3 is 0 Å². The van der Waals surface area contributed by atoms with Crippen molar-refractivity contribution in [2.24, 2.45) is 0 Å². The lowest BCUT2D eigenvalue weighted by Crippen LogP contribution is -1.99. The third-order valence-electron chi connectivity index (χ3n) is 3.22. The van der Waals surface area contributed by atoms with Crippen LogP contribution in [0.25, 0.3) is 28.1 Å². The average Bonchev–Trinajstić information content (AvgIpc) is 2.94. The summed E-state index contributed by atoms with van der Waals surface area (Å²) in [5.41, 5.74) is 9.23. The van der Waals surface area contributed by atoms with Gasteiger partial charge in [0.05, 0.1) is 11.0 Å². The van der Waals surface area contributed by atoms with Crippen molar-refractivity contribution in [1.29, 1.82) is 0 Å². The van der Waals surface area contributed by atoms with Gasteiger partial charge in [-0.2, -0.15) is 0 Å². The highest BCUT2D eigenvalue weighted by Crippen LogP contribution is 2.21. The van der Waals surface area contributed by atoms with Crippen LogP contribution in [0.1, 0.15) is 0 Å². The fourth-order valence-corrected chi connectivity index (χ4v) is 2.27. The number of nitrogens with zero attached hydrogens (tertiary/aromatic N) is 4. The summed E-state index contributed by atoms with van der Waals surface area (Å²) in [7, 11) is 0. The molecule has 2 N–H and O–H groups in total. The molecule has 5 heteroatoms. The van der Waals surface area contributed by atoms with Crippen LogP contribution in [0.15, 0.2) is 54.6 Å². The minimum atomic E-state index is 0.387. The summed E-state index contributed by atoms with van der Waals surface area (Å²) >= 11 is 0. The van der Waals surface area contributed by atoms with Crippen LogP contribution in [0.4, 0.5) is 5.82 Å². The number of para-hydroxylation sites is 2. The highest BCUT2D eigenvalue weighted by atomic mass is 15.3. The maximum absolute atomic E-state index is 5.98. The summed E-state index contributed by atoms with van der Waals surface area (Å²) in [6.07, 6.45) is 0. The van der Waals surface area contributed by atoms with Crippen LogP contribution >= 0.6 is 0 Å². The molecule has 2 heterocycles. The largest absolute Gasteiger partial charge is 0.381 e. The van der Waals surface area contributed by atoms with Gasteiger partial charge in [-0.05, 0) is 12.1 Å². The summed E-state index contributed by atoms with van der Waals surface area (Å²) < 4.78 is 1.75. The molecule has 0 saturated carbocycles. The third kappa shape index (κ3) is 1.53. The minimum absolute atomic E-state index is 0.387. The Kier molecular flexibility index (Phi) is 2.20.